The molecule has 0 radical (unpaired) electrons. The van der Waals surface area contributed by atoms with Gasteiger partial charge in [0.25, 0.3) is 0 Å². The molecule has 2 saturated heterocycles. The van der Waals surface area contributed by atoms with Gasteiger partial charge in [0.05, 0.1) is 26.4 Å². The Morgan fingerprint density at radius 1 is 0.692 bits per heavy atom. The van der Waals surface area contributed by atoms with E-state index in [2.05, 4.69) is 113 Å². The maximum absolute atomic E-state index is 6.09. The molecule has 2 aromatic carbocycles. The molecule has 3 heteroatoms. The third-order valence-electron chi connectivity index (χ3n) is 8.42. The SMILES string of the molecule is CCC1(c2ccccc2)OCC1=CCCC(C)=CCOCC=C(C)CCC=C1COC1(CC)c1ccccc1. The summed E-state index contributed by atoms with van der Waals surface area (Å²) in [6.07, 6.45) is 15.3. The van der Waals surface area contributed by atoms with Crippen LogP contribution in [0.4, 0.5) is 0 Å². The van der Waals surface area contributed by atoms with Crippen molar-refractivity contribution in [3.8, 4) is 0 Å². The van der Waals surface area contributed by atoms with Crippen LogP contribution >= 0.6 is 0 Å². The van der Waals surface area contributed by atoms with Crippen LogP contribution in [-0.4, -0.2) is 26.4 Å². The van der Waals surface area contributed by atoms with E-state index in [-0.39, 0.29) is 11.2 Å². The minimum absolute atomic E-state index is 0.213. The molecule has 2 fully saturated rings. The lowest BCUT2D eigenvalue weighted by Gasteiger charge is -2.45. The quantitative estimate of drug-likeness (QED) is 0.182. The number of allylic oxidation sites excluding steroid dienone is 4. The molecule has 0 bridgehead atoms. The molecule has 39 heavy (non-hydrogen) atoms. The third-order valence-corrected chi connectivity index (χ3v) is 8.42. The van der Waals surface area contributed by atoms with Gasteiger partial charge in [-0.05, 0) is 74.6 Å². The minimum Gasteiger partial charge on any atom is -0.373 e. The lowest BCUT2D eigenvalue weighted by atomic mass is 9.79. The van der Waals surface area contributed by atoms with Crippen molar-refractivity contribution >= 4 is 0 Å². The fourth-order valence-corrected chi connectivity index (χ4v) is 5.75. The predicted molar refractivity (Wildman–Crippen MR) is 162 cm³/mol. The summed E-state index contributed by atoms with van der Waals surface area (Å²) in [4.78, 5) is 0. The Bertz CT molecular complexity index is 1070. The Kier molecular flexibility index (Phi) is 10.6. The molecular formula is C36H46O3. The van der Waals surface area contributed by atoms with Crippen molar-refractivity contribution in [2.24, 2.45) is 0 Å². The summed E-state index contributed by atoms with van der Waals surface area (Å²) in [6, 6.07) is 21.2. The van der Waals surface area contributed by atoms with Crippen molar-refractivity contribution in [3.05, 3.63) is 118 Å². The normalized spacial score (nSPS) is 25.5. The molecule has 0 aliphatic carbocycles. The smallest absolute Gasteiger partial charge is 0.116 e. The van der Waals surface area contributed by atoms with Crippen LogP contribution in [0.1, 0.15) is 77.3 Å². The Balaban J connectivity index is 1.15. The number of rotatable bonds is 14. The Morgan fingerprint density at radius 2 is 1.10 bits per heavy atom. The molecule has 0 N–H and O–H groups in total. The molecule has 2 unspecified atom stereocenters. The van der Waals surface area contributed by atoms with Gasteiger partial charge >= 0.3 is 0 Å². The molecule has 4 rings (SSSR count). The fraction of sp³-hybridized carbons (Fsp3) is 0.444. The van der Waals surface area contributed by atoms with Crippen LogP contribution in [0, 0.1) is 0 Å². The van der Waals surface area contributed by atoms with Gasteiger partial charge < -0.3 is 14.2 Å². The zero-order valence-corrected chi connectivity index (χ0v) is 24.4. The van der Waals surface area contributed by atoms with E-state index >= 15 is 0 Å². The number of hydrogen-bond donors (Lipinski definition) is 0. The van der Waals surface area contributed by atoms with Gasteiger partial charge in [-0.15, -0.1) is 0 Å². The predicted octanol–water partition coefficient (Wildman–Crippen LogP) is 8.98. The minimum atomic E-state index is -0.213. The average molecular weight is 527 g/mol. The van der Waals surface area contributed by atoms with Crippen LogP contribution in [0.3, 0.4) is 0 Å². The molecule has 2 aliphatic heterocycles. The molecule has 0 saturated carbocycles. The Labute approximate surface area is 236 Å². The lowest BCUT2D eigenvalue weighted by Crippen LogP contribution is -2.43. The summed E-state index contributed by atoms with van der Waals surface area (Å²) in [5.41, 5.74) is 7.70. The first-order valence-corrected chi connectivity index (χ1v) is 14.7. The summed E-state index contributed by atoms with van der Waals surface area (Å²) >= 11 is 0. The molecule has 0 amide bonds. The number of hydrogen-bond acceptors (Lipinski definition) is 3. The van der Waals surface area contributed by atoms with E-state index in [9.17, 15) is 0 Å². The highest BCUT2D eigenvalue weighted by molar-refractivity contribution is 5.39. The van der Waals surface area contributed by atoms with E-state index in [0.717, 1.165) is 51.7 Å². The first-order valence-electron chi connectivity index (χ1n) is 14.7. The van der Waals surface area contributed by atoms with E-state index in [1.165, 1.54) is 33.4 Å². The highest BCUT2D eigenvalue weighted by atomic mass is 16.5. The van der Waals surface area contributed by atoms with E-state index in [1.807, 2.05) is 0 Å². The molecule has 0 aromatic heterocycles. The van der Waals surface area contributed by atoms with Crippen molar-refractivity contribution in [1.82, 2.24) is 0 Å². The van der Waals surface area contributed by atoms with Crippen molar-refractivity contribution < 1.29 is 14.2 Å². The van der Waals surface area contributed by atoms with E-state index < -0.39 is 0 Å². The van der Waals surface area contributed by atoms with Gasteiger partial charge in [0.1, 0.15) is 11.2 Å². The molecule has 2 aromatic rings. The summed E-state index contributed by atoms with van der Waals surface area (Å²) in [7, 11) is 0. The fourth-order valence-electron chi connectivity index (χ4n) is 5.75. The first kappa shape index (κ1) is 29.3. The van der Waals surface area contributed by atoms with Crippen LogP contribution in [-0.2, 0) is 25.4 Å². The monoisotopic (exact) mass is 526 g/mol. The molecule has 0 spiro atoms. The highest BCUT2D eigenvalue weighted by Gasteiger charge is 2.44. The third kappa shape index (κ3) is 6.90. The van der Waals surface area contributed by atoms with Gasteiger partial charge in [-0.2, -0.15) is 0 Å². The van der Waals surface area contributed by atoms with Gasteiger partial charge in [0, 0.05) is 0 Å². The van der Waals surface area contributed by atoms with Gasteiger partial charge in [0.15, 0.2) is 0 Å². The van der Waals surface area contributed by atoms with Gasteiger partial charge in [-0.1, -0.05) is 110 Å². The topological polar surface area (TPSA) is 27.7 Å². The van der Waals surface area contributed by atoms with Crippen LogP contribution in [0.25, 0.3) is 0 Å². The van der Waals surface area contributed by atoms with Gasteiger partial charge in [-0.3, -0.25) is 0 Å². The van der Waals surface area contributed by atoms with Crippen molar-refractivity contribution in [1.29, 1.82) is 0 Å². The second kappa shape index (κ2) is 14.1. The Hall–Kier alpha value is -2.72. The largest absolute Gasteiger partial charge is 0.373 e. The van der Waals surface area contributed by atoms with Gasteiger partial charge in [0.2, 0.25) is 0 Å². The number of benzene rings is 2. The molecule has 2 atom stereocenters. The van der Waals surface area contributed by atoms with Crippen molar-refractivity contribution in [3.63, 3.8) is 0 Å². The highest BCUT2D eigenvalue weighted by Crippen LogP contribution is 2.46. The molecular weight excluding hydrogens is 480 g/mol. The van der Waals surface area contributed by atoms with Crippen molar-refractivity contribution in [2.75, 3.05) is 26.4 Å². The van der Waals surface area contributed by atoms with E-state index in [1.54, 1.807) is 0 Å². The summed E-state index contributed by atoms with van der Waals surface area (Å²) in [5.74, 6) is 0. The molecule has 208 valence electrons. The lowest BCUT2D eigenvalue weighted by molar-refractivity contribution is -0.0910. The molecule has 2 aliphatic rings. The zero-order chi connectivity index (χ0) is 27.6. The van der Waals surface area contributed by atoms with Crippen LogP contribution < -0.4 is 0 Å². The second-order valence-electron chi connectivity index (χ2n) is 10.8. The van der Waals surface area contributed by atoms with Crippen LogP contribution in [0.5, 0.6) is 0 Å². The van der Waals surface area contributed by atoms with Crippen LogP contribution in [0.15, 0.2) is 107 Å². The zero-order valence-electron chi connectivity index (χ0n) is 24.4. The van der Waals surface area contributed by atoms with Gasteiger partial charge in [-0.25, -0.2) is 0 Å². The maximum Gasteiger partial charge on any atom is 0.116 e. The molecule has 3 nitrogen and oxygen atoms in total. The first-order chi connectivity index (χ1) is 19.0. The maximum atomic E-state index is 6.09. The average Bonchev–Trinajstić information content (AvgIpc) is 2.94. The Morgan fingerprint density at radius 3 is 1.44 bits per heavy atom. The van der Waals surface area contributed by atoms with Crippen LogP contribution in [0.2, 0.25) is 0 Å². The van der Waals surface area contributed by atoms with E-state index in [4.69, 9.17) is 14.2 Å². The summed E-state index contributed by atoms with van der Waals surface area (Å²) in [6.45, 7) is 11.6. The van der Waals surface area contributed by atoms with Crippen molar-refractivity contribution in [2.45, 2.75) is 77.4 Å². The second-order valence-corrected chi connectivity index (χ2v) is 10.8. The standard InChI is InChI=1S/C36H46O3/c1-5-35(31-17-9-7-10-18-31)33(27-38-35)21-13-15-29(3)23-25-37-26-24-30(4)16-14-22-34-28-39-36(34,6-2)32-19-11-8-12-20-32/h7-12,17-24H,5-6,13-16,25-28H2,1-4H3. The molecule has 2 heterocycles. The van der Waals surface area contributed by atoms with E-state index in [0.29, 0.717) is 13.2 Å². The summed E-state index contributed by atoms with van der Waals surface area (Å²) < 4.78 is 18.1. The number of ether oxygens (including phenoxy) is 3. The summed E-state index contributed by atoms with van der Waals surface area (Å²) in [5, 5.41) is 0.